The van der Waals surface area contributed by atoms with Crippen LogP contribution in [0.15, 0.2) is 23.2 Å². The molecule has 0 aliphatic rings. The molecule has 0 amide bonds. The van der Waals surface area contributed by atoms with Crippen LogP contribution < -0.4 is 10.6 Å². The molecule has 2 N–H and O–H groups in total. The van der Waals surface area contributed by atoms with E-state index in [2.05, 4.69) is 25.8 Å². The van der Waals surface area contributed by atoms with Crippen LogP contribution in [0.5, 0.6) is 0 Å². The molecule has 1 heterocycles. The summed E-state index contributed by atoms with van der Waals surface area (Å²) in [5.74, 6) is 2.36. The van der Waals surface area contributed by atoms with Gasteiger partial charge in [-0.25, -0.2) is 4.99 Å². The van der Waals surface area contributed by atoms with Gasteiger partial charge in [0.05, 0.1) is 6.04 Å². The summed E-state index contributed by atoms with van der Waals surface area (Å²) in [6.07, 6.45) is 0. The number of benzene rings is 1. The summed E-state index contributed by atoms with van der Waals surface area (Å²) in [4.78, 5) is 4.57. The molecule has 0 fully saturated rings. The number of nitrogens with zero attached hydrogens (tertiary/aromatic N) is 4. The first-order chi connectivity index (χ1) is 11.4. The Balaban J connectivity index is 2.12. The molecule has 1 aromatic heterocycles. The summed E-state index contributed by atoms with van der Waals surface area (Å²) in [6, 6.07) is 5.46. The maximum absolute atomic E-state index is 6.28. The monoisotopic (exact) mass is 368 g/mol. The normalized spacial score (nSPS) is 13.0. The van der Waals surface area contributed by atoms with E-state index in [-0.39, 0.29) is 6.04 Å². The molecule has 2 aromatic rings. The Morgan fingerprint density at radius 3 is 2.67 bits per heavy atom. The fourth-order valence-electron chi connectivity index (χ4n) is 2.19. The first-order valence-electron chi connectivity index (χ1n) is 7.77. The van der Waals surface area contributed by atoms with Crippen LogP contribution in [0.25, 0.3) is 0 Å². The summed E-state index contributed by atoms with van der Waals surface area (Å²) >= 11 is 12.2. The van der Waals surface area contributed by atoms with Crippen molar-refractivity contribution in [3.05, 3.63) is 45.5 Å². The van der Waals surface area contributed by atoms with Gasteiger partial charge < -0.3 is 15.2 Å². The average Bonchev–Trinajstić information content (AvgIpc) is 2.84. The van der Waals surface area contributed by atoms with E-state index in [1.165, 1.54) is 0 Å². The molecule has 130 valence electrons. The molecule has 8 heteroatoms. The van der Waals surface area contributed by atoms with Gasteiger partial charge in [-0.1, -0.05) is 29.3 Å². The molecule has 1 unspecified atom stereocenters. The third-order valence-corrected chi connectivity index (χ3v) is 4.25. The Kier molecular flexibility index (Phi) is 6.45. The van der Waals surface area contributed by atoms with Crippen molar-refractivity contribution >= 4 is 29.2 Å². The van der Waals surface area contributed by atoms with Crippen molar-refractivity contribution in [3.63, 3.8) is 0 Å². The number of guanidine groups is 1. The number of nitrogens with one attached hydrogen (secondary N) is 2. The average molecular weight is 369 g/mol. The number of hydrogen-bond acceptors (Lipinski definition) is 3. The lowest BCUT2D eigenvalue weighted by Gasteiger charge is -2.19. The van der Waals surface area contributed by atoms with Crippen LogP contribution in [-0.2, 0) is 13.6 Å². The van der Waals surface area contributed by atoms with Crippen molar-refractivity contribution in [2.75, 3.05) is 6.54 Å². The molecule has 0 radical (unpaired) electrons. The van der Waals surface area contributed by atoms with E-state index in [1.54, 1.807) is 6.07 Å². The van der Waals surface area contributed by atoms with Crippen LogP contribution in [0.1, 0.15) is 37.1 Å². The number of rotatable bonds is 5. The van der Waals surface area contributed by atoms with Gasteiger partial charge in [-0.2, -0.15) is 0 Å². The topological polar surface area (TPSA) is 67.1 Å². The predicted octanol–water partition coefficient (Wildman–Crippen LogP) is 3.25. The second kappa shape index (κ2) is 8.35. The van der Waals surface area contributed by atoms with E-state index in [1.807, 2.05) is 44.5 Å². The van der Waals surface area contributed by atoms with E-state index in [0.29, 0.717) is 22.5 Å². The zero-order valence-corrected chi connectivity index (χ0v) is 15.8. The minimum atomic E-state index is -0.0196. The van der Waals surface area contributed by atoms with Crippen LogP contribution in [0.3, 0.4) is 0 Å². The van der Waals surface area contributed by atoms with Crippen molar-refractivity contribution < 1.29 is 0 Å². The van der Waals surface area contributed by atoms with E-state index in [9.17, 15) is 0 Å². The van der Waals surface area contributed by atoms with Gasteiger partial charge in [0.25, 0.3) is 0 Å². The lowest BCUT2D eigenvalue weighted by Crippen LogP contribution is -2.38. The third kappa shape index (κ3) is 4.61. The summed E-state index contributed by atoms with van der Waals surface area (Å²) in [7, 11) is 1.93. The summed E-state index contributed by atoms with van der Waals surface area (Å²) < 4.78 is 1.92. The molecule has 2 rings (SSSR count). The number of halogens is 2. The Bertz CT molecular complexity index is 725. The van der Waals surface area contributed by atoms with Crippen LogP contribution in [-0.4, -0.2) is 27.3 Å². The van der Waals surface area contributed by atoms with Gasteiger partial charge in [0, 0.05) is 23.6 Å². The summed E-state index contributed by atoms with van der Waals surface area (Å²) in [5, 5.41) is 16.0. The second-order valence-corrected chi connectivity index (χ2v) is 6.29. The largest absolute Gasteiger partial charge is 0.357 e. The molecule has 0 saturated heterocycles. The SMILES string of the molecule is CCNC(=NCc1nnc(C)n1C)NC(C)c1ccc(Cl)cc1Cl. The molecule has 0 aliphatic heterocycles. The van der Waals surface area contributed by atoms with Crippen molar-refractivity contribution in [1.29, 1.82) is 0 Å². The van der Waals surface area contributed by atoms with Gasteiger partial charge in [0.15, 0.2) is 11.8 Å². The Morgan fingerprint density at radius 2 is 2.08 bits per heavy atom. The molecule has 0 saturated carbocycles. The van der Waals surface area contributed by atoms with Crippen LogP contribution in [0.4, 0.5) is 0 Å². The van der Waals surface area contributed by atoms with Crippen molar-refractivity contribution in [2.45, 2.75) is 33.4 Å². The maximum atomic E-state index is 6.28. The van der Waals surface area contributed by atoms with Gasteiger partial charge in [0.2, 0.25) is 0 Å². The van der Waals surface area contributed by atoms with E-state index in [4.69, 9.17) is 23.2 Å². The predicted molar refractivity (Wildman–Crippen MR) is 98.6 cm³/mol. The van der Waals surface area contributed by atoms with Crippen molar-refractivity contribution in [1.82, 2.24) is 25.4 Å². The molecule has 6 nitrogen and oxygen atoms in total. The highest BCUT2D eigenvalue weighted by Crippen LogP contribution is 2.25. The van der Waals surface area contributed by atoms with Gasteiger partial charge >= 0.3 is 0 Å². The summed E-state index contributed by atoms with van der Waals surface area (Å²) in [6.45, 7) is 7.14. The zero-order valence-electron chi connectivity index (χ0n) is 14.3. The van der Waals surface area contributed by atoms with Crippen molar-refractivity contribution in [3.8, 4) is 0 Å². The fraction of sp³-hybridized carbons (Fsp3) is 0.438. The first-order valence-corrected chi connectivity index (χ1v) is 8.52. The number of aryl methyl sites for hydroxylation is 1. The van der Waals surface area contributed by atoms with Crippen LogP contribution in [0.2, 0.25) is 10.0 Å². The molecule has 0 aliphatic carbocycles. The number of aliphatic imine (C=N–C) groups is 1. The highest BCUT2D eigenvalue weighted by Gasteiger charge is 2.12. The highest BCUT2D eigenvalue weighted by molar-refractivity contribution is 6.35. The highest BCUT2D eigenvalue weighted by atomic mass is 35.5. The first kappa shape index (κ1) is 18.5. The molecular formula is C16H22Cl2N6. The molecule has 0 bridgehead atoms. The third-order valence-electron chi connectivity index (χ3n) is 3.69. The van der Waals surface area contributed by atoms with Gasteiger partial charge in [-0.3, -0.25) is 0 Å². The zero-order chi connectivity index (χ0) is 17.7. The minimum absolute atomic E-state index is 0.0196. The summed E-state index contributed by atoms with van der Waals surface area (Å²) in [5.41, 5.74) is 0.959. The molecule has 1 aromatic carbocycles. The Morgan fingerprint density at radius 1 is 1.33 bits per heavy atom. The lowest BCUT2D eigenvalue weighted by molar-refractivity contribution is 0.681. The fourth-order valence-corrected chi connectivity index (χ4v) is 2.77. The van der Waals surface area contributed by atoms with Crippen LogP contribution >= 0.6 is 23.2 Å². The minimum Gasteiger partial charge on any atom is -0.357 e. The lowest BCUT2D eigenvalue weighted by atomic mass is 10.1. The molecular weight excluding hydrogens is 347 g/mol. The second-order valence-electron chi connectivity index (χ2n) is 5.45. The van der Waals surface area contributed by atoms with Crippen LogP contribution in [0, 0.1) is 6.92 Å². The number of aromatic nitrogens is 3. The molecule has 24 heavy (non-hydrogen) atoms. The van der Waals surface area contributed by atoms with E-state index in [0.717, 1.165) is 23.8 Å². The molecule has 1 atom stereocenters. The van der Waals surface area contributed by atoms with E-state index < -0.39 is 0 Å². The van der Waals surface area contributed by atoms with Gasteiger partial charge in [0.1, 0.15) is 12.4 Å². The standard InChI is InChI=1S/C16H22Cl2N6/c1-5-19-16(20-9-15-23-22-11(3)24(15)4)21-10(2)13-7-6-12(17)8-14(13)18/h6-8,10H,5,9H2,1-4H3,(H2,19,20,21). The quantitative estimate of drug-likeness (QED) is 0.627. The van der Waals surface area contributed by atoms with E-state index >= 15 is 0 Å². The molecule has 0 spiro atoms. The van der Waals surface area contributed by atoms with Crippen molar-refractivity contribution in [2.24, 2.45) is 12.0 Å². The Labute approximate surface area is 152 Å². The Hall–Kier alpha value is -1.79. The smallest absolute Gasteiger partial charge is 0.192 e. The van der Waals surface area contributed by atoms with Gasteiger partial charge in [-0.05, 0) is 38.5 Å². The maximum Gasteiger partial charge on any atom is 0.192 e. The van der Waals surface area contributed by atoms with Gasteiger partial charge in [-0.15, -0.1) is 10.2 Å². The number of hydrogen-bond donors (Lipinski definition) is 2.